The Bertz CT molecular complexity index is 628. The van der Waals surface area contributed by atoms with Crippen LogP contribution in [0.5, 0.6) is 0 Å². The maximum Gasteiger partial charge on any atom is 0.323 e. The van der Waals surface area contributed by atoms with Crippen LogP contribution in [0.15, 0.2) is 36.7 Å². The van der Waals surface area contributed by atoms with E-state index in [1.165, 1.54) is 12.1 Å². The average Bonchev–Trinajstić information content (AvgIpc) is 2.58. The fraction of sp³-hybridized carbons (Fsp3) is 0.286. The average molecular weight is 302 g/mol. The summed E-state index contributed by atoms with van der Waals surface area (Å²) >= 11 is 0. The van der Waals surface area contributed by atoms with Gasteiger partial charge in [-0.05, 0) is 24.3 Å². The lowest BCUT2D eigenvalue weighted by atomic mass is 10.3. The molecule has 22 heavy (non-hydrogen) atoms. The van der Waals surface area contributed by atoms with Gasteiger partial charge in [0.15, 0.2) is 5.82 Å². The van der Waals surface area contributed by atoms with E-state index < -0.39 is 5.82 Å². The largest absolute Gasteiger partial charge is 0.352 e. The molecule has 1 saturated heterocycles. The summed E-state index contributed by atoms with van der Waals surface area (Å²) in [6, 6.07) is 6.18. The van der Waals surface area contributed by atoms with Crippen LogP contribution in [0.3, 0.4) is 0 Å². The number of nitrogens with zero attached hydrogens (tertiary/aromatic N) is 5. The van der Waals surface area contributed by atoms with Crippen LogP contribution in [0, 0.1) is 5.82 Å². The van der Waals surface area contributed by atoms with Gasteiger partial charge in [0.2, 0.25) is 0 Å². The van der Waals surface area contributed by atoms with Crippen LogP contribution in [0.25, 0.3) is 0 Å². The summed E-state index contributed by atoms with van der Waals surface area (Å²) in [6.45, 7) is 2.51. The maximum absolute atomic E-state index is 12.8. The van der Waals surface area contributed by atoms with Crippen LogP contribution >= 0.6 is 0 Å². The van der Waals surface area contributed by atoms with Gasteiger partial charge in [-0.2, -0.15) is 5.10 Å². The number of urea groups is 1. The predicted molar refractivity (Wildman–Crippen MR) is 79.0 cm³/mol. The number of halogens is 1. The maximum atomic E-state index is 12.8. The number of anilines is 2. The van der Waals surface area contributed by atoms with Gasteiger partial charge in [-0.1, -0.05) is 0 Å². The molecule has 1 fully saturated rings. The van der Waals surface area contributed by atoms with Crippen LogP contribution in [0.2, 0.25) is 0 Å². The van der Waals surface area contributed by atoms with Gasteiger partial charge in [-0.3, -0.25) is 5.32 Å². The third-order valence-electron chi connectivity index (χ3n) is 3.41. The molecule has 2 aromatic heterocycles. The van der Waals surface area contributed by atoms with E-state index in [2.05, 4.69) is 25.4 Å². The van der Waals surface area contributed by atoms with Crippen LogP contribution < -0.4 is 10.2 Å². The number of nitrogens with one attached hydrogen (secondary N) is 1. The number of rotatable bonds is 2. The number of pyridine rings is 1. The fourth-order valence-corrected chi connectivity index (χ4v) is 2.24. The summed E-state index contributed by atoms with van der Waals surface area (Å²) in [5.74, 6) is 0.709. The zero-order chi connectivity index (χ0) is 15.4. The second-order valence-electron chi connectivity index (χ2n) is 4.85. The summed E-state index contributed by atoms with van der Waals surface area (Å²) in [4.78, 5) is 19.7. The first kappa shape index (κ1) is 14.2. The first-order chi connectivity index (χ1) is 10.7. The number of hydrogen-bond donors (Lipinski definition) is 1. The predicted octanol–water partition coefficient (Wildman–Crippen LogP) is 1.36. The third-order valence-corrected chi connectivity index (χ3v) is 3.41. The Kier molecular flexibility index (Phi) is 4.08. The number of amides is 2. The van der Waals surface area contributed by atoms with E-state index >= 15 is 0 Å². The first-order valence-corrected chi connectivity index (χ1v) is 6.92. The Balaban J connectivity index is 1.54. The molecular formula is C14H15FN6O. The highest BCUT2D eigenvalue weighted by Gasteiger charge is 2.22. The summed E-state index contributed by atoms with van der Waals surface area (Å²) in [5.41, 5.74) is 0. The molecule has 114 valence electrons. The van der Waals surface area contributed by atoms with Crippen LogP contribution in [0.4, 0.5) is 20.8 Å². The van der Waals surface area contributed by atoms with Crippen molar-refractivity contribution in [2.24, 2.45) is 0 Å². The van der Waals surface area contributed by atoms with Gasteiger partial charge in [-0.25, -0.2) is 14.2 Å². The van der Waals surface area contributed by atoms with E-state index in [0.717, 1.165) is 12.0 Å². The number of aromatic nitrogens is 3. The van der Waals surface area contributed by atoms with Crippen molar-refractivity contribution in [1.29, 1.82) is 0 Å². The molecular weight excluding hydrogens is 287 g/mol. The quantitative estimate of drug-likeness (QED) is 0.907. The van der Waals surface area contributed by atoms with Crippen molar-refractivity contribution in [3.05, 3.63) is 42.5 Å². The van der Waals surface area contributed by atoms with Crippen molar-refractivity contribution in [3.8, 4) is 0 Å². The topological polar surface area (TPSA) is 74.2 Å². The van der Waals surface area contributed by atoms with Crippen molar-refractivity contribution < 1.29 is 9.18 Å². The SMILES string of the molecule is O=C(Nc1ccc(F)cn1)N1CCN(c2cccnn2)CC1. The van der Waals surface area contributed by atoms with E-state index in [1.54, 1.807) is 11.1 Å². The lowest BCUT2D eigenvalue weighted by molar-refractivity contribution is 0.208. The Morgan fingerprint density at radius 1 is 1.18 bits per heavy atom. The lowest BCUT2D eigenvalue weighted by Gasteiger charge is -2.34. The molecule has 0 atom stereocenters. The van der Waals surface area contributed by atoms with E-state index in [-0.39, 0.29) is 6.03 Å². The van der Waals surface area contributed by atoms with Crippen LogP contribution in [-0.2, 0) is 0 Å². The zero-order valence-electron chi connectivity index (χ0n) is 11.8. The summed E-state index contributed by atoms with van der Waals surface area (Å²) in [6.07, 6.45) is 2.70. The van der Waals surface area contributed by atoms with E-state index in [0.29, 0.717) is 32.0 Å². The first-order valence-electron chi connectivity index (χ1n) is 6.92. The summed E-state index contributed by atoms with van der Waals surface area (Å²) < 4.78 is 12.8. The molecule has 0 radical (unpaired) electrons. The van der Waals surface area contributed by atoms with E-state index in [4.69, 9.17) is 0 Å². The zero-order valence-corrected chi connectivity index (χ0v) is 11.8. The fourth-order valence-electron chi connectivity index (χ4n) is 2.24. The molecule has 1 aliphatic rings. The molecule has 0 aliphatic carbocycles. The highest BCUT2D eigenvalue weighted by atomic mass is 19.1. The van der Waals surface area contributed by atoms with Crippen molar-refractivity contribution in [3.63, 3.8) is 0 Å². The Morgan fingerprint density at radius 2 is 2.00 bits per heavy atom. The Hall–Kier alpha value is -2.77. The summed E-state index contributed by atoms with van der Waals surface area (Å²) in [7, 11) is 0. The molecule has 3 heterocycles. The molecule has 0 spiro atoms. The van der Waals surface area contributed by atoms with Crippen molar-refractivity contribution in [1.82, 2.24) is 20.1 Å². The second-order valence-corrected chi connectivity index (χ2v) is 4.85. The molecule has 2 aromatic rings. The van der Waals surface area contributed by atoms with E-state index in [1.807, 2.05) is 12.1 Å². The van der Waals surface area contributed by atoms with Crippen molar-refractivity contribution in [2.75, 3.05) is 36.4 Å². The van der Waals surface area contributed by atoms with Gasteiger partial charge in [0.05, 0.1) is 6.20 Å². The smallest absolute Gasteiger partial charge is 0.323 e. The molecule has 2 amide bonds. The van der Waals surface area contributed by atoms with Crippen LogP contribution in [0.1, 0.15) is 0 Å². The van der Waals surface area contributed by atoms with Gasteiger partial charge in [-0.15, -0.1) is 5.10 Å². The van der Waals surface area contributed by atoms with Gasteiger partial charge in [0.25, 0.3) is 0 Å². The van der Waals surface area contributed by atoms with Crippen molar-refractivity contribution in [2.45, 2.75) is 0 Å². The number of carbonyl (C=O) groups excluding carboxylic acids is 1. The Labute approximate surface area is 126 Å². The molecule has 0 bridgehead atoms. The molecule has 1 N–H and O–H groups in total. The summed E-state index contributed by atoms with van der Waals surface area (Å²) in [5, 5.41) is 10.6. The van der Waals surface area contributed by atoms with Gasteiger partial charge in [0, 0.05) is 32.4 Å². The number of carbonyl (C=O) groups is 1. The monoisotopic (exact) mass is 302 g/mol. The normalized spacial score (nSPS) is 14.8. The second kappa shape index (κ2) is 6.33. The van der Waals surface area contributed by atoms with Gasteiger partial charge >= 0.3 is 6.03 Å². The molecule has 0 aromatic carbocycles. The van der Waals surface area contributed by atoms with Crippen LogP contribution in [-0.4, -0.2) is 52.3 Å². The molecule has 0 saturated carbocycles. The molecule has 8 heteroatoms. The molecule has 7 nitrogen and oxygen atoms in total. The molecule has 1 aliphatic heterocycles. The minimum absolute atomic E-state index is 0.238. The van der Waals surface area contributed by atoms with Gasteiger partial charge in [0.1, 0.15) is 11.6 Å². The van der Waals surface area contributed by atoms with Crippen molar-refractivity contribution >= 4 is 17.7 Å². The minimum atomic E-state index is -0.435. The minimum Gasteiger partial charge on any atom is -0.352 e. The molecule has 0 unspecified atom stereocenters. The Morgan fingerprint density at radius 3 is 2.64 bits per heavy atom. The third kappa shape index (κ3) is 3.27. The molecule has 3 rings (SSSR count). The lowest BCUT2D eigenvalue weighted by Crippen LogP contribution is -2.50. The highest BCUT2D eigenvalue weighted by Crippen LogP contribution is 2.12. The van der Waals surface area contributed by atoms with E-state index in [9.17, 15) is 9.18 Å². The highest BCUT2D eigenvalue weighted by molar-refractivity contribution is 5.88. The number of hydrogen-bond acceptors (Lipinski definition) is 5. The van der Waals surface area contributed by atoms with Gasteiger partial charge < -0.3 is 9.80 Å². The standard InChI is InChI=1S/C14H15FN6O/c15-11-3-4-12(16-10-11)18-14(22)21-8-6-20(7-9-21)13-2-1-5-17-19-13/h1-5,10H,6-9H2,(H,16,18,22). The number of piperazine rings is 1.